The van der Waals surface area contributed by atoms with Crippen molar-refractivity contribution < 1.29 is 9.59 Å². The summed E-state index contributed by atoms with van der Waals surface area (Å²) in [5.41, 5.74) is 1.00. The molecule has 0 bridgehead atoms. The summed E-state index contributed by atoms with van der Waals surface area (Å²) >= 11 is 3.37. The van der Waals surface area contributed by atoms with Gasteiger partial charge in [-0.1, -0.05) is 6.92 Å². The Hall–Kier alpha value is -1.43. The molecule has 1 saturated heterocycles. The molecule has 2 heterocycles. The van der Waals surface area contributed by atoms with Crippen LogP contribution in [0, 0.1) is 6.92 Å². The number of amides is 2. The second-order valence-corrected chi connectivity index (χ2v) is 5.78. The molecule has 0 aromatic carbocycles. The molecule has 1 N–H and O–H groups in total. The van der Waals surface area contributed by atoms with Crippen LogP contribution >= 0.6 is 15.9 Å². The van der Waals surface area contributed by atoms with Gasteiger partial charge in [0.15, 0.2) is 0 Å². The van der Waals surface area contributed by atoms with Gasteiger partial charge in [0.25, 0.3) is 0 Å². The van der Waals surface area contributed by atoms with Gasteiger partial charge in [-0.3, -0.25) is 9.59 Å². The van der Waals surface area contributed by atoms with E-state index in [2.05, 4.69) is 26.2 Å². The highest BCUT2D eigenvalue weighted by Crippen LogP contribution is 2.19. The first-order valence-corrected chi connectivity index (χ1v) is 7.54. The summed E-state index contributed by atoms with van der Waals surface area (Å²) in [6, 6.07) is 1.40. The molecule has 1 aliphatic heterocycles. The molecule has 0 aliphatic carbocycles. The second kappa shape index (κ2) is 6.35. The Labute approximate surface area is 126 Å². The number of likely N-dealkylation sites (tertiary alicyclic amines) is 1. The van der Waals surface area contributed by atoms with Crippen LogP contribution in [0.4, 0.5) is 5.82 Å². The summed E-state index contributed by atoms with van der Waals surface area (Å²) in [7, 11) is 0. The maximum absolute atomic E-state index is 12.3. The van der Waals surface area contributed by atoms with Crippen LogP contribution in [0.25, 0.3) is 0 Å². The Morgan fingerprint density at radius 3 is 2.90 bits per heavy atom. The first-order valence-electron chi connectivity index (χ1n) is 6.75. The Kier molecular flexibility index (Phi) is 4.75. The molecule has 1 unspecified atom stereocenters. The van der Waals surface area contributed by atoms with Gasteiger partial charge < -0.3 is 10.2 Å². The molecule has 2 amide bonds. The lowest BCUT2D eigenvalue weighted by Gasteiger charge is -2.25. The smallest absolute Gasteiger partial charge is 0.248 e. The predicted molar refractivity (Wildman–Crippen MR) is 80.3 cm³/mol. The fraction of sp³-hybridized carbons (Fsp3) is 0.500. The van der Waals surface area contributed by atoms with E-state index in [1.165, 1.54) is 0 Å². The lowest BCUT2D eigenvalue weighted by atomic mass is 10.2. The third-order valence-corrected chi connectivity index (χ3v) is 4.30. The fourth-order valence-electron chi connectivity index (χ4n) is 2.36. The van der Waals surface area contributed by atoms with Crippen molar-refractivity contribution in [2.24, 2.45) is 0 Å². The van der Waals surface area contributed by atoms with Gasteiger partial charge in [-0.2, -0.15) is 0 Å². The van der Waals surface area contributed by atoms with E-state index >= 15 is 0 Å². The van der Waals surface area contributed by atoms with Gasteiger partial charge in [-0.05, 0) is 47.3 Å². The molecule has 1 aromatic heterocycles. The fourth-order valence-corrected chi connectivity index (χ4v) is 2.58. The van der Waals surface area contributed by atoms with Crippen molar-refractivity contribution in [2.45, 2.75) is 39.2 Å². The van der Waals surface area contributed by atoms with Crippen molar-refractivity contribution in [3.63, 3.8) is 0 Å². The van der Waals surface area contributed by atoms with E-state index in [-0.39, 0.29) is 11.8 Å². The van der Waals surface area contributed by atoms with Crippen molar-refractivity contribution in [1.82, 2.24) is 9.88 Å². The number of hydrogen-bond donors (Lipinski definition) is 1. The molecule has 1 atom stereocenters. The van der Waals surface area contributed by atoms with Gasteiger partial charge in [0.1, 0.15) is 11.9 Å². The van der Waals surface area contributed by atoms with Crippen LogP contribution in [-0.4, -0.2) is 34.3 Å². The number of carbonyl (C=O) groups is 2. The highest BCUT2D eigenvalue weighted by atomic mass is 79.9. The summed E-state index contributed by atoms with van der Waals surface area (Å²) in [6.07, 6.45) is 3.64. The van der Waals surface area contributed by atoms with Gasteiger partial charge in [-0.15, -0.1) is 0 Å². The van der Waals surface area contributed by atoms with Crippen LogP contribution in [0.1, 0.15) is 31.7 Å². The number of aromatic nitrogens is 1. The molecule has 0 radical (unpaired) electrons. The number of rotatable bonds is 4. The number of nitrogens with zero attached hydrogens (tertiary/aromatic N) is 2. The van der Waals surface area contributed by atoms with Gasteiger partial charge in [0, 0.05) is 23.6 Å². The average Bonchev–Trinajstić information content (AvgIpc) is 2.81. The van der Waals surface area contributed by atoms with E-state index in [0.29, 0.717) is 25.2 Å². The molecule has 0 spiro atoms. The lowest BCUT2D eigenvalue weighted by Crippen LogP contribution is -2.44. The number of nitrogens with one attached hydrogen (secondary N) is 1. The molecule has 108 valence electrons. The monoisotopic (exact) mass is 339 g/mol. The van der Waals surface area contributed by atoms with Crippen molar-refractivity contribution >= 4 is 33.6 Å². The molecule has 6 heteroatoms. The van der Waals surface area contributed by atoms with Crippen LogP contribution in [0.2, 0.25) is 0 Å². The van der Waals surface area contributed by atoms with Gasteiger partial charge >= 0.3 is 0 Å². The third-order valence-electron chi connectivity index (χ3n) is 3.47. The van der Waals surface area contributed by atoms with Crippen molar-refractivity contribution in [2.75, 3.05) is 11.9 Å². The second-order valence-electron chi connectivity index (χ2n) is 4.92. The van der Waals surface area contributed by atoms with Crippen LogP contribution in [0.3, 0.4) is 0 Å². The zero-order chi connectivity index (χ0) is 14.7. The molecule has 5 nitrogen and oxygen atoms in total. The molecule has 0 saturated carbocycles. The van der Waals surface area contributed by atoms with Crippen molar-refractivity contribution in [3.05, 3.63) is 22.3 Å². The summed E-state index contributed by atoms with van der Waals surface area (Å²) in [5.74, 6) is 0.407. The Morgan fingerprint density at radius 2 is 2.35 bits per heavy atom. The number of halogens is 1. The van der Waals surface area contributed by atoms with E-state index in [1.807, 2.05) is 13.8 Å². The molecular formula is C14H18BrN3O2. The minimum atomic E-state index is -0.407. The zero-order valence-corrected chi connectivity index (χ0v) is 13.2. The average molecular weight is 340 g/mol. The highest BCUT2D eigenvalue weighted by molar-refractivity contribution is 9.10. The van der Waals surface area contributed by atoms with E-state index in [9.17, 15) is 9.59 Å². The van der Waals surface area contributed by atoms with Crippen LogP contribution < -0.4 is 5.32 Å². The number of aryl methyl sites for hydroxylation is 1. The van der Waals surface area contributed by atoms with E-state index in [0.717, 1.165) is 16.5 Å². The molecular weight excluding hydrogens is 322 g/mol. The largest absolute Gasteiger partial charge is 0.331 e. The highest BCUT2D eigenvalue weighted by Gasteiger charge is 2.31. The minimum Gasteiger partial charge on any atom is -0.331 e. The van der Waals surface area contributed by atoms with Gasteiger partial charge in [0.05, 0.1) is 0 Å². The maximum Gasteiger partial charge on any atom is 0.248 e. The van der Waals surface area contributed by atoms with Crippen LogP contribution in [-0.2, 0) is 9.59 Å². The summed E-state index contributed by atoms with van der Waals surface area (Å²) in [5, 5.41) is 2.79. The maximum atomic E-state index is 12.3. The van der Waals surface area contributed by atoms with E-state index < -0.39 is 6.04 Å². The Balaban J connectivity index is 2.09. The standard InChI is InChI=1S/C14H18BrN3O2/c1-3-11(18-6-4-5-13(18)19)14(20)17-12-7-9(2)10(15)8-16-12/h7-8,11H,3-6H2,1-2H3,(H,16,17,20). The molecule has 2 rings (SSSR count). The first-order chi connectivity index (χ1) is 9.52. The summed E-state index contributed by atoms with van der Waals surface area (Å²) in [4.78, 5) is 29.9. The SMILES string of the molecule is CCC(C(=O)Nc1cc(C)c(Br)cn1)N1CCCC1=O. The number of anilines is 1. The number of carbonyl (C=O) groups excluding carboxylic acids is 2. The van der Waals surface area contributed by atoms with Crippen LogP contribution in [0.5, 0.6) is 0 Å². The predicted octanol–water partition coefficient (Wildman–Crippen LogP) is 2.49. The van der Waals surface area contributed by atoms with Gasteiger partial charge in [-0.25, -0.2) is 4.98 Å². The van der Waals surface area contributed by atoms with Crippen molar-refractivity contribution in [1.29, 1.82) is 0 Å². The summed E-state index contributed by atoms with van der Waals surface area (Å²) in [6.45, 7) is 4.51. The molecule has 20 heavy (non-hydrogen) atoms. The Morgan fingerprint density at radius 1 is 1.60 bits per heavy atom. The number of hydrogen-bond acceptors (Lipinski definition) is 3. The van der Waals surface area contributed by atoms with Crippen molar-refractivity contribution in [3.8, 4) is 0 Å². The normalized spacial score (nSPS) is 16.4. The minimum absolute atomic E-state index is 0.0620. The number of pyridine rings is 1. The summed E-state index contributed by atoms with van der Waals surface area (Å²) < 4.78 is 0.900. The van der Waals surface area contributed by atoms with E-state index in [4.69, 9.17) is 0 Å². The third kappa shape index (κ3) is 3.17. The Bertz CT molecular complexity index is 533. The zero-order valence-electron chi connectivity index (χ0n) is 11.6. The van der Waals surface area contributed by atoms with E-state index in [1.54, 1.807) is 17.2 Å². The molecule has 1 aliphatic rings. The first kappa shape index (κ1) is 15.0. The lowest BCUT2D eigenvalue weighted by molar-refractivity contribution is -0.135. The quantitative estimate of drug-likeness (QED) is 0.916. The molecule has 1 aromatic rings. The topological polar surface area (TPSA) is 62.3 Å². The molecule has 1 fully saturated rings. The van der Waals surface area contributed by atoms with Gasteiger partial charge in [0.2, 0.25) is 11.8 Å². The van der Waals surface area contributed by atoms with Crippen LogP contribution in [0.15, 0.2) is 16.7 Å².